The molecule has 0 aromatic heterocycles. The van der Waals surface area contributed by atoms with E-state index in [1.54, 1.807) is 18.2 Å². The smallest absolute Gasteiger partial charge is 0.0615 e. The van der Waals surface area contributed by atoms with Crippen molar-refractivity contribution in [3.8, 4) is 0 Å². The molecule has 0 aliphatic heterocycles. The van der Waals surface area contributed by atoms with E-state index >= 15 is 0 Å². The van der Waals surface area contributed by atoms with Gasteiger partial charge in [0.2, 0.25) is 0 Å². The molecule has 2 heteroatoms. The van der Waals surface area contributed by atoms with E-state index in [1.165, 1.54) is 0 Å². The summed E-state index contributed by atoms with van der Waals surface area (Å²) in [6.07, 6.45) is 8.67. The van der Waals surface area contributed by atoms with Crippen molar-refractivity contribution in [2.75, 3.05) is 6.61 Å². The molecule has 0 spiro atoms. The van der Waals surface area contributed by atoms with Crippen LogP contribution >= 0.6 is 11.6 Å². The van der Waals surface area contributed by atoms with Crippen molar-refractivity contribution < 1.29 is 5.11 Å². The summed E-state index contributed by atoms with van der Waals surface area (Å²) < 4.78 is 0. The van der Waals surface area contributed by atoms with Crippen LogP contribution in [0.3, 0.4) is 0 Å². The Kier molecular flexibility index (Phi) is 6.44. The molecule has 0 amide bonds. The molecule has 0 rings (SSSR count). The van der Waals surface area contributed by atoms with Crippen LogP contribution in [-0.2, 0) is 0 Å². The molecule has 0 saturated heterocycles. The van der Waals surface area contributed by atoms with Crippen LogP contribution in [0.1, 0.15) is 6.92 Å². The van der Waals surface area contributed by atoms with E-state index in [2.05, 4.69) is 6.58 Å². The van der Waals surface area contributed by atoms with Gasteiger partial charge in [0.05, 0.1) is 6.61 Å². The Labute approximate surface area is 78.4 Å². The standard InChI is InChI=1S/C10H13ClO/c1-3-10(11)7-6-9(2)5-4-8-12/h3-7,12H,1,8H2,2H3/b5-4+,9-6+,10-7+. The van der Waals surface area contributed by atoms with Crippen LogP contribution in [-0.4, -0.2) is 11.7 Å². The lowest BCUT2D eigenvalue weighted by molar-refractivity contribution is 0.342. The number of halogens is 1. The summed E-state index contributed by atoms with van der Waals surface area (Å²) in [7, 11) is 0. The molecule has 0 atom stereocenters. The second kappa shape index (κ2) is 6.89. The maximum Gasteiger partial charge on any atom is 0.0615 e. The summed E-state index contributed by atoms with van der Waals surface area (Å²) in [5.41, 5.74) is 1.03. The SMILES string of the molecule is C=C\C(Cl)=C/C=C(C)/C=C/CO. The van der Waals surface area contributed by atoms with Crippen molar-refractivity contribution in [1.29, 1.82) is 0 Å². The zero-order valence-electron chi connectivity index (χ0n) is 7.13. The second-order valence-electron chi connectivity index (χ2n) is 2.25. The van der Waals surface area contributed by atoms with Crippen molar-refractivity contribution in [1.82, 2.24) is 0 Å². The zero-order chi connectivity index (χ0) is 9.40. The van der Waals surface area contributed by atoms with Gasteiger partial charge in [-0.25, -0.2) is 0 Å². The minimum Gasteiger partial charge on any atom is -0.392 e. The van der Waals surface area contributed by atoms with E-state index in [0.29, 0.717) is 5.03 Å². The minimum atomic E-state index is 0.0596. The molecule has 0 bridgehead atoms. The quantitative estimate of drug-likeness (QED) is 0.667. The number of hydrogen-bond donors (Lipinski definition) is 1. The molecule has 0 aromatic rings. The molecular formula is C10H13ClO. The lowest BCUT2D eigenvalue weighted by atomic mass is 10.2. The fraction of sp³-hybridized carbons (Fsp3) is 0.200. The van der Waals surface area contributed by atoms with Gasteiger partial charge >= 0.3 is 0 Å². The summed E-state index contributed by atoms with van der Waals surface area (Å²) in [5, 5.41) is 9.07. The molecule has 1 nitrogen and oxygen atoms in total. The first-order chi connectivity index (χ1) is 5.70. The molecule has 0 aliphatic carbocycles. The topological polar surface area (TPSA) is 20.2 Å². The molecule has 1 N–H and O–H groups in total. The first kappa shape index (κ1) is 11.2. The minimum absolute atomic E-state index is 0.0596. The summed E-state index contributed by atoms with van der Waals surface area (Å²) in [6, 6.07) is 0. The Balaban J connectivity index is 4.17. The number of aliphatic hydroxyl groups is 1. The van der Waals surface area contributed by atoms with Crippen molar-refractivity contribution >= 4 is 11.6 Å². The first-order valence-electron chi connectivity index (χ1n) is 3.64. The number of hydrogen-bond acceptors (Lipinski definition) is 1. The molecule has 66 valence electrons. The van der Waals surface area contributed by atoms with Crippen LogP contribution in [0.4, 0.5) is 0 Å². The molecule has 12 heavy (non-hydrogen) atoms. The number of allylic oxidation sites excluding steroid dienone is 6. The predicted molar refractivity (Wildman–Crippen MR) is 54.1 cm³/mol. The highest BCUT2D eigenvalue weighted by atomic mass is 35.5. The molecule has 0 fully saturated rings. The van der Waals surface area contributed by atoms with Crippen LogP contribution in [0.25, 0.3) is 0 Å². The van der Waals surface area contributed by atoms with E-state index in [1.807, 2.05) is 19.1 Å². The third-order valence-corrected chi connectivity index (χ3v) is 1.47. The van der Waals surface area contributed by atoms with E-state index in [0.717, 1.165) is 5.57 Å². The van der Waals surface area contributed by atoms with Gasteiger partial charge in [0.15, 0.2) is 0 Å². The van der Waals surface area contributed by atoms with Crippen LogP contribution in [0, 0.1) is 0 Å². The molecule has 0 radical (unpaired) electrons. The van der Waals surface area contributed by atoms with Gasteiger partial charge in [-0.2, -0.15) is 0 Å². The highest BCUT2D eigenvalue weighted by Crippen LogP contribution is 2.03. The maximum absolute atomic E-state index is 8.47. The van der Waals surface area contributed by atoms with Crippen LogP contribution in [0.5, 0.6) is 0 Å². The summed E-state index contributed by atoms with van der Waals surface area (Å²) in [5.74, 6) is 0. The highest BCUT2D eigenvalue weighted by Gasteiger charge is 1.80. The maximum atomic E-state index is 8.47. The predicted octanol–water partition coefficient (Wildman–Crippen LogP) is 2.79. The summed E-state index contributed by atoms with van der Waals surface area (Å²) in [4.78, 5) is 0. The van der Waals surface area contributed by atoms with Crippen LogP contribution in [0.15, 0.2) is 47.6 Å². The fourth-order valence-corrected chi connectivity index (χ4v) is 0.636. The monoisotopic (exact) mass is 184 g/mol. The Morgan fingerprint density at radius 3 is 2.67 bits per heavy atom. The Bertz CT molecular complexity index is 224. The molecule has 0 saturated carbocycles. The van der Waals surface area contributed by atoms with Gasteiger partial charge in [0.1, 0.15) is 0 Å². The van der Waals surface area contributed by atoms with Crippen molar-refractivity contribution in [3.05, 3.63) is 47.6 Å². The van der Waals surface area contributed by atoms with Crippen molar-refractivity contribution in [2.45, 2.75) is 6.92 Å². The zero-order valence-corrected chi connectivity index (χ0v) is 7.88. The van der Waals surface area contributed by atoms with E-state index in [9.17, 15) is 0 Å². The lowest BCUT2D eigenvalue weighted by Crippen LogP contribution is -1.72. The first-order valence-corrected chi connectivity index (χ1v) is 4.02. The average molecular weight is 185 g/mol. The molecular weight excluding hydrogens is 172 g/mol. The normalized spacial score (nSPS) is 13.9. The average Bonchev–Trinajstić information content (AvgIpc) is 2.10. The van der Waals surface area contributed by atoms with Gasteiger partial charge in [-0.1, -0.05) is 48.1 Å². The van der Waals surface area contributed by atoms with Gasteiger partial charge in [-0.15, -0.1) is 0 Å². The third kappa shape index (κ3) is 5.96. The van der Waals surface area contributed by atoms with Gasteiger partial charge in [-0.3, -0.25) is 0 Å². The number of rotatable bonds is 4. The molecule has 0 aliphatic rings. The largest absolute Gasteiger partial charge is 0.392 e. The number of aliphatic hydroxyl groups excluding tert-OH is 1. The molecule has 0 unspecified atom stereocenters. The third-order valence-electron chi connectivity index (χ3n) is 1.19. The summed E-state index contributed by atoms with van der Waals surface area (Å²) in [6.45, 7) is 5.50. The van der Waals surface area contributed by atoms with Gasteiger partial charge in [0.25, 0.3) is 0 Å². The van der Waals surface area contributed by atoms with E-state index < -0.39 is 0 Å². The molecule has 0 aromatic carbocycles. The second-order valence-corrected chi connectivity index (χ2v) is 2.69. The van der Waals surface area contributed by atoms with Gasteiger partial charge in [-0.05, 0) is 13.0 Å². The lowest BCUT2D eigenvalue weighted by Gasteiger charge is -1.88. The highest BCUT2D eigenvalue weighted by molar-refractivity contribution is 6.31. The van der Waals surface area contributed by atoms with Crippen molar-refractivity contribution in [2.24, 2.45) is 0 Å². The fourth-order valence-electron chi connectivity index (χ4n) is 0.573. The van der Waals surface area contributed by atoms with Crippen molar-refractivity contribution in [3.63, 3.8) is 0 Å². The summed E-state index contributed by atoms with van der Waals surface area (Å²) >= 11 is 5.67. The van der Waals surface area contributed by atoms with Gasteiger partial charge in [0, 0.05) is 5.03 Å². The van der Waals surface area contributed by atoms with E-state index in [-0.39, 0.29) is 6.61 Å². The van der Waals surface area contributed by atoms with Crippen LogP contribution in [0.2, 0.25) is 0 Å². The van der Waals surface area contributed by atoms with E-state index in [4.69, 9.17) is 16.7 Å². The van der Waals surface area contributed by atoms with Crippen LogP contribution < -0.4 is 0 Å². The Morgan fingerprint density at radius 1 is 1.50 bits per heavy atom. The Hall–Kier alpha value is -0.790. The molecule has 0 heterocycles. The Morgan fingerprint density at radius 2 is 2.17 bits per heavy atom. The van der Waals surface area contributed by atoms with Gasteiger partial charge < -0.3 is 5.11 Å².